The van der Waals surface area contributed by atoms with Crippen molar-refractivity contribution >= 4 is 0 Å². The highest BCUT2D eigenvalue weighted by Crippen LogP contribution is 2.29. The van der Waals surface area contributed by atoms with Crippen LogP contribution in [0.2, 0.25) is 0 Å². The van der Waals surface area contributed by atoms with E-state index in [1.54, 1.807) is 7.11 Å². The van der Waals surface area contributed by atoms with Crippen LogP contribution >= 0.6 is 0 Å². The zero-order valence-corrected chi connectivity index (χ0v) is 10.3. The van der Waals surface area contributed by atoms with Gasteiger partial charge >= 0.3 is 0 Å². The highest BCUT2D eigenvalue weighted by molar-refractivity contribution is 5.10. The number of rotatable bonds is 6. The zero-order chi connectivity index (χ0) is 11.9. The van der Waals surface area contributed by atoms with E-state index >= 15 is 0 Å². The van der Waals surface area contributed by atoms with E-state index in [0.29, 0.717) is 13.2 Å². The summed E-state index contributed by atoms with van der Waals surface area (Å²) in [4.78, 5) is 4.24. The van der Waals surface area contributed by atoms with E-state index in [1.165, 1.54) is 12.8 Å². The lowest BCUT2D eigenvalue weighted by Gasteiger charge is -2.21. The number of aromatic nitrogens is 1. The van der Waals surface area contributed by atoms with Crippen LogP contribution < -0.4 is 5.32 Å². The Morgan fingerprint density at radius 3 is 3.24 bits per heavy atom. The fraction of sp³-hybridized carbons (Fsp3) is 0.750. The van der Waals surface area contributed by atoms with Gasteiger partial charge < -0.3 is 19.2 Å². The number of oxazole rings is 1. The van der Waals surface area contributed by atoms with Crippen LogP contribution in [0.3, 0.4) is 0 Å². The van der Waals surface area contributed by atoms with Crippen LogP contribution in [-0.4, -0.2) is 31.9 Å². The third kappa shape index (κ3) is 3.52. The van der Waals surface area contributed by atoms with Gasteiger partial charge in [0.15, 0.2) is 12.2 Å². The summed E-state index contributed by atoms with van der Waals surface area (Å²) in [6.07, 6.45) is 4.96. The molecule has 0 saturated carbocycles. The average Bonchev–Trinajstić information content (AvgIpc) is 2.84. The molecule has 0 aromatic carbocycles. The predicted molar refractivity (Wildman–Crippen MR) is 62.6 cm³/mol. The molecule has 2 rings (SSSR count). The van der Waals surface area contributed by atoms with Crippen molar-refractivity contribution in [1.29, 1.82) is 0 Å². The van der Waals surface area contributed by atoms with Gasteiger partial charge in [-0.05, 0) is 19.3 Å². The van der Waals surface area contributed by atoms with Crippen LogP contribution in [0, 0.1) is 0 Å². The topological polar surface area (TPSA) is 56.5 Å². The Morgan fingerprint density at radius 1 is 1.53 bits per heavy atom. The lowest BCUT2D eigenvalue weighted by Crippen LogP contribution is -2.20. The lowest BCUT2D eigenvalue weighted by atomic mass is 10.1. The molecule has 2 heterocycles. The number of hydrogen-bond acceptors (Lipinski definition) is 5. The zero-order valence-electron chi connectivity index (χ0n) is 10.3. The van der Waals surface area contributed by atoms with E-state index in [4.69, 9.17) is 13.9 Å². The lowest BCUT2D eigenvalue weighted by molar-refractivity contribution is 0.00112. The molecule has 1 aromatic rings. The van der Waals surface area contributed by atoms with Crippen molar-refractivity contribution in [2.45, 2.75) is 31.9 Å². The Kier molecular flexibility index (Phi) is 4.97. The quantitative estimate of drug-likeness (QED) is 0.766. The molecule has 1 aromatic heterocycles. The van der Waals surface area contributed by atoms with Gasteiger partial charge in [-0.25, -0.2) is 4.98 Å². The summed E-state index contributed by atoms with van der Waals surface area (Å²) >= 11 is 0. The molecule has 0 radical (unpaired) electrons. The number of nitrogens with zero attached hydrogens (tertiary/aromatic N) is 1. The maximum atomic E-state index is 5.70. The molecule has 5 heteroatoms. The number of nitrogens with one attached hydrogen (secondary N) is 1. The molecule has 1 saturated heterocycles. The molecule has 1 aliphatic rings. The summed E-state index contributed by atoms with van der Waals surface area (Å²) in [6, 6.07) is 0. The minimum absolute atomic E-state index is 0.0884. The van der Waals surface area contributed by atoms with Crippen molar-refractivity contribution in [3.05, 3.63) is 17.8 Å². The highest BCUT2D eigenvalue weighted by atomic mass is 16.5. The van der Waals surface area contributed by atoms with E-state index in [-0.39, 0.29) is 6.10 Å². The molecule has 5 nitrogen and oxygen atoms in total. The summed E-state index contributed by atoms with van der Waals surface area (Å²) in [6.45, 7) is 3.04. The Hall–Kier alpha value is -0.910. The Labute approximate surface area is 102 Å². The second-order valence-electron chi connectivity index (χ2n) is 4.19. The van der Waals surface area contributed by atoms with Gasteiger partial charge in [0.05, 0.1) is 12.3 Å². The van der Waals surface area contributed by atoms with Gasteiger partial charge in [0.25, 0.3) is 0 Å². The maximum absolute atomic E-state index is 5.70. The Bertz CT molecular complexity index is 321. The summed E-state index contributed by atoms with van der Waals surface area (Å²) in [5.74, 6) is 0.884. The monoisotopic (exact) mass is 240 g/mol. The van der Waals surface area contributed by atoms with Gasteiger partial charge in [-0.3, -0.25) is 0 Å². The summed E-state index contributed by atoms with van der Waals surface area (Å²) in [7, 11) is 1.69. The normalized spacial score (nSPS) is 20.6. The molecule has 17 heavy (non-hydrogen) atoms. The van der Waals surface area contributed by atoms with Crippen LogP contribution in [0.25, 0.3) is 0 Å². The maximum Gasteiger partial charge on any atom is 0.181 e. The van der Waals surface area contributed by atoms with E-state index < -0.39 is 0 Å². The number of hydrogen-bond donors (Lipinski definition) is 1. The molecule has 1 fully saturated rings. The minimum atomic E-state index is 0.0884. The average molecular weight is 240 g/mol. The fourth-order valence-electron chi connectivity index (χ4n) is 2.00. The van der Waals surface area contributed by atoms with E-state index in [1.807, 2.05) is 0 Å². The predicted octanol–water partition coefficient (Wildman–Crippen LogP) is 1.65. The molecule has 0 aliphatic carbocycles. The van der Waals surface area contributed by atoms with Gasteiger partial charge in [-0.2, -0.15) is 0 Å². The van der Waals surface area contributed by atoms with Crippen LogP contribution in [0.1, 0.15) is 36.8 Å². The van der Waals surface area contributed by atoms with Crippen molar-refractivity contribution in [2.75, 3.05) is 26.9 Å². The van der Waals surface area contributed by atoms with Crippen molar-refractivity contribution in [3.8, 4) is 0 Å². The molecular formula is C12H20N2O3. The van der Waals surface area contributed by atoms with Crippen molar-refractivity contribution in [2.24, 2.45) is 0 Å². The molecule has 0 spiro atoms. The van der Waals surface area contributed by atoms with Gasteiger partial charge in [0.2, 0.25) is 0 Å². The van der Waals surface area contributed by atoms with Crippen molar-refractivity contribution in [1.82, 2.24) is 10.3 Å². The molecule has 0 bridgehead atoms. The van der Waals surface area contributed by atoms with Crippen molar-refractivity contribution < 1.29 is 13.9 Å². The molecule has 1 atom stereocenters. The summed E-state index contributed by atoms with van der Waals surface area (Å²) < 4.78 is 16.1. The first-order chi connectivity index (χ1) is 8.42. The van der Waals surface area contributed by atoms with Crippen molar-refractivity contribution in [3.63, 3.8) is 0 Å². The number of ether oxygens (including phenoxy) is 2. The molecule has 1 N–H and O–H groups in total. The first-order valence-corrected chi connectivity index (χ1v) is 6.15. The van der Waals surface area contributed by atoms with E-state index in [9.17, 15) is 0 Å². The van der Waals surface area contributed by atoms with Crippen LogP contribution in [-0.2, 0) is 16.0 Å². The van der Waals surface area contributed by atoms with Gasteiger partial charge in [-0.1, -0.05) is 0 Å². The molecule has 0 amide bonds. The van der Waals surface area contributed by atoms with Gasteiger partial charge in [-0.15, -0.1) is 0 Å². The highest BCUT2D eigenvalue weighted by Gasteiger charge is 2.22. The largest absolute Gasteiger partial charge is 0.445 e. The Morgan fingerprint density at radius 2 is 2.47 bits per heavy atom. The molecule has 1 aliphatic heterocycles. The van der Waals surface area contributed by atoms with E-state index in [0.717, 1.165) is 37.4 Å². The SMILES string of the molecule is COCCNCc1ncoc1C1CCCCO1. The van der Waals surface area contributed by atoms with E-state index in [2.05, 4.69) is 10.3 Å². The molecule has 1 unspecified atom stereocenters. The Balaban J connectivity index is 1.87. The smallest absolute Gasteiger partial charge is 0.181 e. The minimum Gasteiger partial charge on any atom is -0.445 e. The van der Waals surface area contributed by atoms with Gasteiger partial charge in [0.1, 0.15) is 6.10 Å². The standard InChI is InChI=1S/C12H20N2O3/c1-15-7-5-13-8-10-12(17-9-14-10)11-4-2-3-6-16-11/h9,11,13H,2-8H2,1H3. The second kappa shape index (κ2) is 6.74. The van der Waals surface area contributed by atoms with Gasteiger partial charge in [0, 0.05) is 26.8 Å². The third-order valence-electron chi connectivity index (χ3n) is 2.92. The van der Waals surface area contributed by atoms with Crippen LogP contribution in [0.5, 0.6) is 0 Å². The second-order valence-corrected chi connectivity index (χ2v) is 4.19. The summed E-state index contributed by atoms with van der Waals surface area (Å²) in [5, 5.41) is 3.27. The third-order valence-corrected chi connectivity index (χ3v) is 2.92. The fourth-order valence-corrected chi connectivity index (χ4v) is 2.00. The van der Waals surface area contributed by atoms with Crippen LogP contribution in [0.15, 0.2) is 10.8 Å². The summed E-state index contributed by atoms with van der Waals surface area (Å²) in [5.41, 5.74) is 0.952. The molecular weight excluding hydrogens is 220 g/mol. The first-order valence-electron chi connectivity index (χ1n) is 6.15. The van der Waals surface area contributed by atoms with Crippen LogP contribution in [0.4, 0.5) is 0 Å². The molecule has 96 valence electrons. The first kappa shape index (κ1) is 12.5. The number of methoxy groups -OCH3 is 1.